The highest BCUT2D eigenvalue weighted by Crippen LogP contribution is 2.33. The summed E-state index contributed by atoms with van der Waals surface area (Å²) in [5, 5.41) is 13.9. The van der Waals surface area contributed by atoms with Gasteiger partial charge in [0.25, 0.3) is 5.91 Å². The molecule has 3 rings (SSSR count). The van der Waals surface area contributed by atoms with Crippen LogP contribution in [0.15, 0.2) is 65.6 Å². The number of nitrogens with zero attached hydrogens (tertiary/aromatic N) is 1. The van der Waals surface area contributed by atoms with E-state index >= 15 is 0 Å². The van der Waals surface area contributed by atoms with E-state index in [1.807, 2.05) is 36.4 Å². The van der Waals surface area contributed by atoms with Crippen molar-refractivity contribution in [1.82, 2.24) is 0 Å². The fraction of sp³-hybridized carbons (Fsp3) is 0.0952. The number of fused-ring (bicyclic) bond motifs is 1. The van der Waals surface area contributed by atoms with Crippen LogP contribution in [0, 0.1) is 11.3 Å². The van der Waals surface area contributed by atoms with Gasteiger partial charge in [-0.05, 0) is 35.7 Å². The van der Waals surface area contributed by atoms with Crippen LogP contribution in [0.5, 0.6) is 0 Å². The lowest BCUT2D eigenvalue weighted by molar-refractivity contribution is -0.144. The second kappa shape index (κ2) is 9.27. The van der Waals surface area contributed by atoms with Crippen LogP contribution in [-0.4, -0.2) is 24.2 Å². The van der Waals surface area contributed by atoms with E-state index in [1.54, 1.807) is 30.3 Å². The Morgan fingerprint density at radius 3 is 2.64 bits per heavy atom. The van der Waals surface area contributed by atoms with Gasteiger partial charge in [0.2, 0.25) is 0 Å². The fourth-order valence-electron chi connectivity index (χ4n) is 2.57. The number of hydrogen-bond acceptors (Lipinski definition) is 5. The Balaban J connectivity index is 1.52. The summed E-state index contributed by atoms with van der Waals surface area (Å²) in [6.45, 7) is -0.396. The number of hydrogen-bond donors (Lipinski definition) is 1. The van der Waals surface area contributed by atoms with Gasteiger partial charge < -0.3 is 10.1 Å². The number of nitriles is 1. The third kappa shape index (κ3) is 5.03. The van der Waals surface area contributed by atoms with Crippen molar-refractivity contribution < 1.29 is 14.3 Å². The molecule has 0 radical (unpaired) electrons. The van der Waals surface area contributed by atoms with Crippen LogP contribution in [0.3, 0.4) is 0 Å². The minimum absolute atomic E-state index is 0.0571. The van der Waals surface area contributed by atoms with Gasteiger partial charge in [0, 0.05) is 21.0 Å². The van der Waals surface area contributed by atoms with E-state index in [2.05, 4.69) is 5.32 Å². The summed E-state index contributed by atoms with van der Waals surface area (Å²) in [5.74, 6) is -0.918. The molecule has 3 aromatic carbocycles. The number of benzene rings is 3. The largest absolute Gasteiger partial charge is 0.455 e. The zero-order valence-corrected chi connectivity index (χ0v) is 16.2. The Bertz CT molecular complexity index is 1070. The fourth-order valence-corrected chi connectivity index (χ4v) is 3.81. The number of carbonyl (C=O) groups is 2. The third-order valence-corrected chi connectivity index (χ3v) is 5.15. The van der Waals surface area contributed by atoms with Gasteiger partial charge in [-0.25, -0.2) is 0 Å². The molecule has 0 saturated carbocycles. The van der Waals surface area contributed by atoms with Gasteiger partial charge in [0.05, 0.1) is 17.4 Å². The first-order valence-electron chi connectivity index (χ1n) is 8.32. The monoisotopic (exact) mass is 410 g/mol. The van der Waals surface area contributed by atoms with Crippen LogP contribution in [0.2, 0.25) is 5.02 Å². The van der Waals surface area contributed by atoms with Crippen molar-refractivity contribution >= 4 is 51.7 Å². The van der Waals surface area contributed by atoms with Crippen LogP contribution >= 0.6 is 23.4 Å². The van der Waals surface area contributed by atoms with Gasteiger partial charge >= 0.3 is 5.97 Å². The van der Waals surface area contributed by atoms with Crippen molar-refractivity contribution in [2.75, 3.05) is 17.7 Å². The molecule has 0 aliphatic rings. The summed E-state index contributed by atoms with van der Waals surface area (Å²) in [7, 11) is 0. The maximum Gasteiger partial charge on any atom is 0.316 e. The molecule has 28 heavy (non-hydrogen) atoms. The molecule has 0 fully saturated rings. The van der Waals surface area contributed by atoms with Gasteiger partial charge in [-0.1, -0.05) is 41.9 Å². The van der Waals surface area contributed by atoms with E-state index in [4.69, 9.17) is 21.6 Å². The Hall–Kier alpha value is -3.01. The Kier molecular flexibility index (Phi) is 6.53. The molecule has 0 saturated heterocycles. The van der Waals surface area contributed by atoms with E-state index in [9.17, 15) is 9.59 Å². The van der Waals surface area contributed by atoms with Gasteiger partial charge in [-0.3, -0.25) is 9.59 Å². The molecule has 0 heterocycles. The summed E-state index contributed by atoms with van der Waals surface area (Å²) in [4.78, 5) is 24.8. The lowest BCUT2D eigenvalue weighted by atomic mass is 10.1. The van der Waals surface area contributed by atoms with Gasteiger partial charge in [0.15, 0.2) is 6.61 Å². The maximum absolute atomic E-state index is 12.0. The second-order valence-electron chi connectivity index (χ2n) is 5.78. The number of nitrogens with one attached hydrogen (secondary N) is 1. The van der Waals surface area contributed by atoms with E-state index in [0.717, 1.165) is 15.7 Å². The molecule has 0 aliphatic carbocycles. The predicted molar refractivity (Wildman–Crippen MR) is 110 cm³/mol. The van der Waals surface area contributed by atoms with Crippen LogP contribution in [0.25, 0.3) is 10.8 Å². The van der Waals surface area contributed by atoms with Crippen molar-refractivity contribution in [2.24, 2.45) is 0 Å². The Morgan fingerprint density at radius 2 is 1.86 bits per heavy atom. The molecule has 0 bridgehead atoms. The number of carbonyl (C=O) groups excluding carboxylic acids is 2. The average Bonchev–Trinajstić information content (AvgIpc) is 2.71. The smallest absolute Gasteiger partial charge is 0.316 e. The highest BCUT2D eigenvalue weighted by atomic mass is 35.5. The van der Waals surface area contributed by atoms with Gasteiger partial charge in [0.1, 0.15) is 0 Å². The summed E-state index contributed by atoms with van der Waals surface area (Å²) >= 11 is 7.58. The van der Waals surface area contributed by atoms with E-state index in [0.29, 0.717) is 16.3 Å². The minimum Gasteiger partial charge on any atom is -0.455 e. The molecule has 140 valence electrons. The molecule has 7 heteroatoms. The molecular weight excluding hydrogens is 396 g/mol. The molecular formula is C21H15ClN2O3S. The molecule has 0 unspecified atom stereocenters. The molecule has 0 atom stereocenters. The van der Waals surface area contributed by atoms with Crippen LogP contribution in [0.1, 0.15) is 5.56 Å². The number of halogens is 1. The van der Waals surface area contributed by atoms with Crippen molar-refractivity contribution in [1.29, 1.82) is 5.26 Å². The molecule has 1 N–H and O–H groups in total. The quantitative estimate of drug-likeness (QED) is 0.473. The average molecular weight is 411 g/mol. The SMILES string of the molecule is N#Cc1cccc(NC(=O)COC(=O)CSc2cccc3cccc(Cl)c23)c1. The van der Waals surface area contributed by atoms with Gasteiger partial charge in [-0.2, -0.15) is 5.26 Å². The summed E-state index contributed by atoms with van der Waals surface area (Å²) in [5.41, 5.74) is 0.903. The second-order valence-corrected chi connectivity index (χ2v) is 7.21. The Labute approximate surface area is 171 Å². The first-order valence-corrected chi connectivity index (χ1v) is 9.69. The molecule has 3 aromatic rings. The van der Waals surface area contributed by atoms with Crippen LogP contribution in [-0.2, 0) is 14.3 Å². The highest BCUT2D eigenvalue weighted by Gasteiger charge is 2.11. The molecule has 0 aromatic heterocycles. The number of ether oxygens (including phenoxy) is 1. The molecule has 0 spiro atoms. The lowest BCUT2D eigenvalue weighted by Crippen LogP contribution is -2.21. The summed E-state index contributed by atoms with van der Waals surface area (Å²) in [6, 6.07) is 19.8. The van der Waals surface area contributed by atoms with Crippen molar-refractivity contribution in [2.45, 2.75) is 4.90 Å². The third-order valence-electron chi connectivity index (χ3n) is 3.80. The molecule has 1 amide bonds. The van der Waals surface area contributed by atoms with Crippen LogP contribution in [0.4, 0.5) is 5.69 Å². The van der Waals surface area contributed by atoms with Gasteiger partial charge in [-0.15, -0.1) is 11.8 Å². The zero-order chi connectivity index (χ0) is 19.9. The molecule has 0 aliphatic heterocycles. The number of esters is 1. The van der Waals surface area contributed by atoms with Crippen LogP contribution < -0.4 is 5.32 Å². The topological polar surface area (TPSA) is 79.2 Å². The minimum atomic E-state index is -0.505. The molecule has 5 nitrogen and oxygen atoms in total. The first kappa shape index (κ1) is 19.7. The lowest BCUT2D eigenvalue weighted by Gasteiger charge is -2.09. The Morgan fingerprint density at radius 1 is 1.11 bits per heavy atom. The number of rotatable bonds is 6. The van der Waals surface area contributed by atoms with E-state index in [-0.39, 0.29) is 5.75 Å². The van der Waals surface area contributed by atoms with Crippen molar-refractivity contribution in [3.8, 4) is 6.07 Å². The maximum atomic E-state index is 12.0. The number of thioether (sulfide) groups is 1. The van der Waals surface area contributed by atoms with Crippen molar-refractivity contribution in [3.63, 3.8) is 0 Å². The highest BCUT2D eigenvalue weighted by molar-refractivity contribution is 8.00. The summed E-state index contributed by atoms with van der Waals surface area (Å²) in [6.07, 6.45) is 0. The number of amides is 1. The van der Waals surface area contributed by atoms with E-state index in [1.165, 1.54) is 11.8 Å². The van der Waals surface area contributed by atoms with Crippen molar-refractivity contribution in [3.05, 3.63) is 71.2 Å². The standard InChI is InChI=1S/C21H15ClN2O3S/c22-17-8-2-5-15-6-3-9-18(21(15)17)28-13-20(26)27-12-19(25)24-16-7-1-4-14(10-16)11-23/h1-10H,12-13H2,(H,24,25). The first-order chi connectivity index (χ1) is 13.6. The predicted octanol–water partition coefficient (Wildman–Crippen LogP) is 4.64. The number of anilines is 1. The van der Waals surface area contributed by atoms with E-state index < -0.39 is 18.5 Å². The normalized spacial score (nSPS) is 10.3. The zero-order valence-electron chi connectivity index (χ0n) is 14.6. The summed E-state index contributed by atoms with van der Waals surface area (Å²) < 4.78 is 5.03.